The summed E-state index contributed by atoms with van der Waals surface area (Å²) in [5.41, 5.74) is 0. The molecule has 0 aliphatic rings. The first-order chi connectivity index (χ1) is 6.99. The molecule has 8 nitrogen and oxygen atoms in total. The molecular weight excluding hydrogens is 258 g/mol. The number of nitrogens with zero attached hydrogens (tertiary/aromatic N) is 2. The molecule has 0 spiro atoms. The molecule has 4 N–H and O–H groups in total. The van der Waals surface area contributed by atoms with Gasteiger partial charge in [-0.05, 0) is 14.1 Å². The normalized spacial score (nSPS) is 13.8. The molecule has 0 bridgehead atoms. The van der Waals surface area contributed by atoms with Gasteiger partial charge < -0.3 is 24.5 Å². The van der Waals surface area contributed by atoms with E-state index in [1.807, 2.05) is 0 Å². The molecule has 98 valence electrons. The summed E-state index contributed by atoms with van der Waals surface area (Å²) in [6.07, 6.45) is -1.29. The quantitative estimate of drug-likeness (QED) is 0.442. The molecule has 0 aromatic rings. The second kappa shape index (κ2) is 6.23. The van der Waals surface area contributed by atoms with E-state index < -0.39 is 27.8 Å². The van der Waals surface area contributed by atoms with Crippen LogP contribution in [-0.4, -0.2) is 69.1 Å². The van der Waals surface area contributed by atoms with Crippen molar-refractivity contribution in [1.29, 1.82) is 0 Å². The van der Waals surface area contributed by atoms with Crippen LogP contribution in [0.4, 0.5) is 0 Å². The largest absolute Gasteiger partial charge is 0.339 e. The van der Waals surface area contributed by atoms with E-state index in [-0.39, 0.29) is 6.54 Å². The minimum Gasteiger partial charge on any atom is -0.324 e. The SMILES string of the molecule is CN(C)CCN(CP(=O)(O)O)CP(=O)(O)O. The predicted octanol–water partition coefficient (Wildman–Crippen LogP) is -0.880. The summed E-state index contributed by atoms with van der Waals surface area (Å²) in [5, 5.41) is 0. The van der Waals surface area contributed by atoms with Gasteiger partial charge in [0, 0.05) is 13.1 Å². The van der Waals surface area contributed by atoms with Crippen molar-refractivity contribution >= 4 is 15.2 Å². The molecule has 0 saturated carbocycles. The smallest absolute Gasteiger partial charge is 0.324 e. The second-order valence-electron chi connectivity index (χ2n) is 3.81. The number of likely N-dealkylation sites (N-methyl/N-ethyl adjacent to an activating group) is 1. The van der Waals surface area contributed by atoms with Crippen LogP contribution in [0.2, 0.25) is 0 Å². The Hall–Kier alpha value is 0.220. The first-order valence-electron chi connectivity index (χ1n) is 4.46. The van der Waals surface area contributed by atoms with Crippen LogP contribution >= 0.6 is 15.2 Å². The highest BCUT2D eigenvalue weighted by Crippen LogP contribution is 2.40. The molecule has 0 amide bonds. The van der Waals surface area contributed by atoms with E-state index in [4.69, 9.17) is 19.6 Å². The van der Waals surface area contributed by atoms with Gasteiger partial charge in [-0.2, -0.15) is 0 Å². The monoisotopic (exact) mass is 276 g/mol. The lowest BCUT2D eigenvalue weighted by Gasteiger charge is -2.24. The molecule has 0 aliphatic carbocycles. The van der Waals surface area contributed by atoms with E-state index in [9.17, 15) is 9.13 Å². The molecule has 0 unspecified atom stereocenters. The zero-order chi connectivity index (χ0) is 13.0. The van der Waals surface area contributed by atoms with Gasteiger partial charge in [-0.1, -0.05) is 0 Å². The highest BCUT2D eigenvalue weighted by atomic mass is 31.2. The van der Waals surface area contributed by atoms with Crippen LogP contribution in [0.1, 0.15) is 0 Å². The minimum absolute atomic E-state index is 0.184. The Morgan fingerprint density at radius 2 is 1.25 bits per heavy atom. The maximum absolute atomic E-state index is 10.8. The number of hydrogen-bond donors (Lipinski definition) is 4. The van der Waals surface area contributed by atoms with Crippen molar-refractivity contribution in [2.45, 2.75) is 0 Å². The standard InChI is InChI=1S/C6H18N2O6P2/c1-7(2)3-4-8(5-15(9,10)11)6-16(12,13)14/h3-6H2,1-2H3,(H2,9,10,11)(H2,12,13,14). The Bertz CT molecular complexity index is 273. The van der Waals surface area contributed by atoms with Crippen molar-refractivity contribution in [3.05, 3.63) is 0 Å². The van der Waals surface area contributed by atoms with Crippen molar-refractivity contribution in [1.82, 2.24) is 9.80 Å². The number of rotatable bonds is 7. The molecule has 0 atom stereocenters. The molecule has 0 heterocycles. The van der Waals surface area contributed by atoms with Crippen LogP contribution in [0.5, 0.6) is 0 Å². The molecule has 16 heavy (non-hydrogen) atoms. The average molecular weight is 276 g/mol. The molecule has 0 radical (unpaired) electrons. The molecule has 10 heteroatoms. The molecule has 0 aromatic heterocycles. The maximum Gasteiger partial charge on any atom is 0.339 e. The summed E-state index contributed by atoms with van der Waals surface area (Å²) in [7, 11) is -5.09. The van der Waals surface area contributed by atoms with Crippen LogP contribution in [0.25, 0.3) is 0 Å². The first-order valence-corrected chi connectivity index (χ1v) is 8.05. The Morgan fingerprint density at radius 3 is 1.50 bits per heavy atom. The van der Waals surface area contributed by atoms with Gasteiger partial charge in [-0.3, -0.25) is 14.0 Å². The lowest BCUT2D eigenvalue weighted by atomic mass is 10.5. The Kier molecular flexibility index (Phi) is 6.32. The fourth-order valence-electron chi connectivity index (χ4n) is 1.05. The van der Waals surface area contributed by atoms with Crippen LogP contribution < -0.4 is 0 Å². The molecule has 0 aromatic carbocycles. The first kappa shape index (κ1) is 16.2. The average Bonchev–Trinajstić information content (AvgIpc) is 1.93. The topological polar surface area (TPSA) is 122 Å². The lowest BCUT2D eigenvalue weighted by Crippen LogP contribution is -2.33. The summed E-state index contributed by atoms with van der Waals surface area (Å²) in [4.78, 5) is 37.8. The van der Waals surface area contributed by atoms with Crippen molar-refractivity contribution in [3.8, 4) is 0 Å². The van der Waals surface area contributed by atoms with Crippen LogP contribution in [0.3, 0.4) is 0 Å². The van der Waals surface area contributed by atoms with Crippen molar-refractivity contribution in [2.24, 2.45) is 0 Å². The zero-order valence-electron chi connectivity index (χ0n) is 9.22. The lowest BCUT2D eigenvalue weighted by molar-refractivity contribution is 0.253. The molecule has 0 saturated heterocycles. The van der Waals surface area contributed by atoms with E-state index in [2.05, 4.69) is 0 Å². The summed E-state index contributed by atoms with van der Waals surface area (Å²) < 4.78 is 21.5. The third-order valence-electron chi connectivity index (χ3n) is 1.63. The molecular formula is C6H18N2O6P2. The molecule has 0 fully saturated rings. The minimum atomic E-state index is -4.30. The van der Waals surface area contributed by atoms with Crippen LogP contribution in [0, 0.1) is 0 Å². The summed E-state index contributed by atoms with van der Waals surface area (Å²) >= 11 is 0. The van der Waals surface area contributed by atoms with Gasteiger partial charge in [0.05, 0.1) is 0 Å². The summed E-state index contributed by atoms with van der Waals surface area (Å²) in [6.45, 7) is 0.642. The zero-order valence-corrected chi connectivity index (χ0v) is 11.0. The van der Waals surface area contributed by atoms with Gasteiger partial charge >= 0.3 is 15.2 Å². The number of hydrogen-bond acceptors (Lipinski definition) is 4. The van der Waals surface area contributed by atoms with Gasteiger partial charge in [0.1, 0.15) is 12.6 Å². The third kappa shape index (κ3) is 10.7. The van der Waals surface area contributed by atoms with Crippen molar-refractivity contribution < 1.29 is 28.7 Å². The van der Waals surface area contributed by atoms with E-state index in [0.29, 0.717) is 6.54 Å². The van der Waals surface area contributed by atoms with Crippen molar-refractivity contribution in [3.63, 3.8) is 0 Å². The van der Waals surface area contributed by atoms with Gasteiger partial charge in [0.25, 0.3) is 0 Å². The van der Waals surface area contributed by atoms with E-state index in [1.165, 1.54) is 0 Å². The van der Waals surface area contributed by atoms with Gasteiger partial charge in [-0.25, -0.2) is 0 Å². The highest BCUT2D eigenvalue weighted by molar-refractivity contribution is 7.52. The van der Waals surface area contributed by atoms with Crippen LogP contribution in [0.15, 0.2) is 0 Å². The Morgan fingerprint density at radius 1 is 0.875 bits per heavy atom. The highest BCUT2D eigenvalue weighted by Gasteiger charge is 2.25. The third-order valence-corrected chi connectivity index (χ3v) is 3.17. The fraction of sp³-hybridized carbons (Fsp3) is 1.00. The van der Waals surface area contributed by atoms with Crippen LogP contribution in [-0.2, 0) is 9.13 Å². The van der Waals surface area contributed by atoms with Gasteiger partial charge in [-0.15, -0.1) is 0 Å². The van der Waals surface area contributed by atoms with E-state index >= 15 is 0 Å². The summed E-state index contributed by atoms with van der Waals surface area (Å²) in [6, 6.07) is 0. The molecule has 0 rings (SSSR count). The van der Waals surface area contributed by atoms with Gasteiger partial charge in [0.2, 0.25) is 0 Å². The fourth-order valence-corrected chi connectivity index (χ4v) is 2.73. The maximum atomic E-state index is 10.8. The Labute approximate surface area is 94.2 Å². The second-order valence-corrected chi connectivity index (χ2v) is 7.03. The Balaban J connectivity index is 4.40. The summed E-state index contributed by atoms with van der Waals surface area (Å²) in [5.74, 6) is 0. The molecule has 0 aliphatic heterocycles. The van der Waals surface area contributed by atoms with E-state index in [0.717, 1.165) is 4.90 Å². The predicted molar refractivity (Wildman–Crippen MR) is 59.1 cm³/mol. The van der Waals surface area contributed by atoms with Gasteiger partial charge in [0.15, 0.2) is 0 Å². The van der Waals surface area contributed by atoms with Crippen molar-refractivity contribution in [2.75, 3.05) is 39.8 Å². The van der Waals surface area contributed by atoms with E-state index in [1.54, 1.807) is 19.0 Å².